The molecular weight excluding hydrogens is 729 g/mol. The van der Waals surface area contributed by atoms with Crippen molar-refractivity contribution in [3.8, 4) is 0 Å². The van der Waals surface area contributed by atoms with E-state index in [1.165, 1.54) is 0 Å². The molecule has 0 aromatic carbocycles. The molecule has 4 N–H and O–H groups in total. The lowest BCUT2D eigenvalue weighted by Gasteiger charge is -2.41. The summed E-state index contributed by atoms with van der Waals surface area (Å²) in [6.07, 6.45) is 3.94. The zero-order valence-electron chi connectivity index (χ0n) is 37.3. The zero-order chi connectivity index (χ0) is 43.6. The fourth-order valence-electron chi connectivity index (χ4n) is 8.42. The second-order valence-corrected chi connectivity index (χ2v) is 16.8. The molecule has 1 aliphatic rings. The molecule has 15 heteroatoms. The maximum Gasteiger partial charge on any atom is 0.320 e. The fraction of sp³-hybridized carbons (Fsp3) is 0.857. The van der Waals surface area contributed by atoms with Crippen molar-refractivity contribution in [2.75, 3.05) is 47.8 Å². The Morgan fingerprint density at radius 2 is 1.58 bits per heavy atom. The van der Waals surface area contributed by atoms with Crippen LogP contribution in [0.5, 0.6) is 0 Å². The molecule has 0 aromatic heterocycles. The second-order valence-electron chi connectivity index (χ2n) is 16.8. The number of carbonyl (C=O) groups is 6. The van der Waals surface area contributed by atoms with Gasteiger partial charge in [-0.2, -0.15) is 0 Å². The van der Waals surface area contributed by atoms with Gasteiger partial charge in [0, 0.05) is 59.0 Å². The van der Waals surface area contributed by atoms with Crippen LogP contribution >= 0.6 is 0 Å². The molecule has 57 heavy (non-hydrogen) atoms. The van der Waals surface area contributed by atoms with Gasteiger partial charge in [-0.3, -0.25) is 28.8 Å². The number of hydrogen-bond donors (Lipinski definition) is 3. The van der Waals surface area contributed by atoms with E-state index >= 15 is 0 Å². The number of nitrogens with zero attached hydrogens (tertiary/aromatic N) is 3. The number of carboxylic acid groups (broad SMARTS) is 1. The van der Waals surface area contributed by atoms with E-state index in [1.807, 2.05) is 72.6 Å². The molecule has 0 bridgehead atoms. The number of hydrogen-bond acceptors (Lipinski definition) is 10. The monoisotopic (exact) mass is 807 g/mol. The predicted molar refractivity (Wildman–Crippen MR) is 224 cm³/mol. The van der Waals surface area contributed by atoms with E-state index < -0.39 is 42.2 Å². The van der Waals surface area contributed by atoms with Crippen LogP contribution < -0.4 is 11.1 Å². The predicted octanol–water partition coefficient (Wildman–Crippen LogP) is 3.85. The average molecular weight is 807 g/mol. The zero-order valence-corrected chi connectivity index (χ0v) is 37.3. The number of rotatable bonds is 29. The van der Waals surface area contributed by atoms with E-state index in [1.54, 1.807) is 26.2 Å². The highest BCUT2D eigenvalue weighted by Gasteiger charge is 2.43. The van der Waals surface area contributed by atoms with E-state index in [4.69, 9.17) is 20.3 Å². The first-order chi connectivity index (χ1) is 26.8. The lowest BCUT2D eigenvalue weighted by Crippen LogP contribution is -2.54. The van der Waals surface area contributed by atoms with Crippen molar-refractivity contribution in [1.29, 1.82) is 0 Å². The quantitative estimate of drug-likeness (QED) is 0.0736. The summed E-state index contributed by atoms with van der Waals surface area (Å²) < 4.78 is 11.9. The van der Waals surface area contributed by atoms with Crippen molar-refractivity contribution in [2.45, 2.75) is 156 Å². The summed E-state index contributed by atoms with van der Waals surface area (Å²) in [5.41, 5.74) is 5.53. The summed E-state index contributed by atoms with van der Waals surface area (Å²) in [4.78, 5) is 83.9. The van der Waals surface area contributed by atoms with Gasteiger partial charge in [-0.25, -0.2) is 0 Å². The summed E-state index contributed by atoms with van der Waals surface area (Å²) in [7, 11) is 8.59. The van der Waals surface area contributed by atoms with Crippen LogP contribution in [0.2, 0.25) is 6.32 Å². The minimum Gasteiger partial charge on any atom is -0.480 e. The molecule has 1 radical (unpaired) electrons. The molecule has 14 nitrogen and oxygen atoms in total. The number of carbonyl (C=O) groups excluding carboxylic acids is 5. The molecule has 1 saturated heterocycles. The van der Waals surface area contributed by atoms with Crippen LogP contribution in [0.4, 0.5) is 0 Å². The SMILES string of the molecule is CCC(=O)[C@H](C)[C@@H](OC)[C@@H]1CCCN1C(=O)C[C@@H](OC)[C@H]([C@@H](C)CC)N(C)C(=O)[C@@H](CC(=O)[C@H](C(C)C)N(C)C[B]CC(=O)NCCCC[C@H](N)C(=O)O)C(C)C. The van der Waals surface area contributed by atoms with Gasteiger partial charge in [0.1, 0.15) is 19.1 Å². The number of aliphatic carboxylic acids is 1. The molecule has 1 heterocycles. The minimum atomic E-state index is -1.03. The average Bonchev–Trinajstić information content (AvgIpc) is 3.65. The molecule has 0 aromatic rings. The number of ketones is 2. The summed E-state index contributed by atoms with van der Waals surface area (Å²) in [6.45, 7) is 16.6. The highest BCUT2D eigenvalue weighted by atomic mass is 16.5. The first-order valence-corrected chi connectivity index (χ1v) is 21.2. The lowest BCUT2D eigenvalue weighted by atomic mass is 9.73. The van der Waals surface area contributed by atoms with Gasteiger partial charge < -0.3 is 40.3 Å². The molecule has 327 valence electrons. The number of nitrogens with two attached hydrogens (primary N) is 1. The van der Waals surface area contributed by atoms with Gasteiger partial charge >= 0.3 is 5.97 Å². The number of unbranched alkanes of at least 4 members (excludes halogenated alkanes) is 1. The molecule has 1 rings (SSSR count). The maximum atomic E-state index is 14.5. The highest BCUT2D eigenvalue weighted by Crippen LogP contribution is 2.31. The Balaban J connectivity index is 3.05. The van der Waals surface area contributed by atoms with Crippen LogP contribution in [-0.2, 0) is 38.2 Å². The maximum absolute atomic E-state index is 14.5. The molecule has 0 saturated carbocycles. The van der Waals surface area contributed by atoms with Crippen LogP contribution in [0.25, 0.3) is 0 Å². The Morgan fingerprint density at radius 3 is 2.11 bits per heavy atom. The Kier molecular flexibility index (Phi) is 24.0. The van der Waals surface area contributed by atoms with Crippen molar-refractivity contribution >= 4 is 42.5 Å². The largest absolute Gasteiger partial charge is 0.480 e. The van der Waals surface area contributed by atoms with Crippen molar-refractivity contribution in [1.82, 2.24) is 20.0 Å². The van der Waals surface area contributed by atoms with Gasteiger partial charge in [0.15, 0.2) is 5.78 Å². The van der Waals surface area contributed by atoms with E-state index in [9.17, 15) is 28.8 Å². The topological polar surface area (TPSA) is 189 Å². The number of nitrogens with one attached hydrogen (secondary N) is 1. The highest BCUT2D eigenvalue weighted by molar-refractivity contribution is 6.41. The number of carboxylic acids is 1. The van der Waals surface area contributed by atoms with Crippen molar-refractivity contribution in [2.24, 2.45) is 35.3 Å². The van der Waals surface area contributed by atoms with Crippen LogP contribution in [0, 0.1) is 29.6 Å². The van der Waals surface area contributed by atoms with Crippen LogP contribution in [0.3, 0.4) is 0 Å². The molecule has 0 unspecified atom stereocenters. The first kappa shape index (κ1) is 52.1. The van der Waals surface area contributed by atoms with Crippen molar-refractivity contribution in [3.63, 3.8) is 0 Å². The third-order valence-corrected chi connectivity index (χ3v) is 12.0. The lowest BCUT2D eigenvalue weighted by molar-refractivity contribution is -0.149. The normalized spacial score (nSPS) is 18.7. The molecule has 1 fully saturated rings. The first-order valence-electron chi connectivity index (χ1n) is 21.2. The standard InChI is InChI=1S/C42H77BN5O9/c1-13-28(7)39(35(56-11)23-37(52)48-21-17-19-32(48)40(57-12)29(8)33(49)14-2)47(10)41(53)30(26(3)4)22-34(50)38(27(5)6)46(9)25-43-24-36(51)45-20-16-15-18-31(44)42(54)55/h26-32,35,38-40H,13-25,44H2,1-12H3,(H,45,51)(H,54,55)/t28-,29-,30-,31-,32-,35+,38-,39-,40+/m0/s1. The van der Waals surface area contributed by atoms with Crippen molar-refractivity contribution < 1.29 is 43.3 Å². The van der Waals surface area contributed by atoms with Crippen LogP contribution in [0.1, 0.15) is 113 Å². The van der Waals surface area contributed by atoms with E-state index in [2.05, 4.69) is 12.2 Å². The minimum absolute atomic E-state index is 0.0129. The smallest absolute Gasteiger partial charge is 0.320 e. The fourth-order valence-corrected chi connectivity index (χ4v) is 8.42. The second kappa shape index (κ2) is 26.3. The third kappa shape index (κ3) is 16.0. The Morgan fingerprint density at radius 1 is 0.930 bits per heavy atom. The number of likely N-dealkylation sites (tertiary alicyclic amines) is 1. The van der Waals surface area contributed by atoms with Gasteiger partial charge in [-0.15, -0.1) is 0 Å². The number of amides is 3. The summed E-state index contributed by atoms with van der Waals surface area (Å²) in [5, 5.41) is 11.7. The van der Waals surface area contributed by atoms with Crippen LogP contribution in [-0.4, -0.2) is 147 Å². The summed E-state index contributed by atoms with van der Waals surface area (Å²) >= 11 is 0. The molecule has 3 amide bonds. The van der Waals surface area contributed by atoms with E-state index in [-0.39, 0.29) is 78.2 Å². The third-order valence-electron chi connectivity index (χ3n) is 12.0. The number of Topliss-reactive ketones (excluding diaryl/α,β-unsaturated/α-hetero) is 2. The van der Waals surface area contributed by atoms with E-state index in [0.717, 1.165) is 19.3 Å². The van der Waals surface area contributed by atoms with Crippen LogP contribution in [0.15, 0.2) is 0 Å². The number of ether oxygens (including phenoxy) is 2. The molecular formula is C42H77BN5O9. The van der Waals surface area contributed by atoms with E-state index in [0.29, 0.717) is 45.2 Å². The molecule has 9 atom stereocenters. The Labute approximate surface area is 344 Å². The molecule has 0 aliphatic carbocycles. The number of likely N-dealkylation sites (N-methyl/N-ethyl adjacent to an activating group) is 2. The van der Waals surface area contributed by atoms with Gasteiger partial charge in [0.25, 0.3) is 0 Å². The Bertz CT molecular complexity index is 1290. The Hall–Kier alpha value is -2.88. The number of methoxy groups -OCH3 is 2. The summed E-state index contributed by atoms with van der Waals surface area (Å²) in [6, 6.07) is -2.03. The molecule has 0 spiro atoms. The van der Waals surface area contributed by atoms with Gasteiger partial charge in [-0.1, -0.05) is 61.8 Å². The molecule has 1 aliphatic heterocycles. The van der Waals surface area contributed by atoms with Gasteiger partial charge in [-0.05, 0) is 69.7 Å². The van der Waals surface area contributed by atoms with Crippen molar-refractivity contribution in [3.05, 3.63) is 0 Å². The summed E-state index contributed by atoms with van der Waals surface area (Å²) in [5.74, 6) is -2.54. The van der Waals surface area contributed by atoms with Gasteiger partial charge in [0.2, 0.25) is 17.7 Å². The van der Waals surface area contributed by atoms with Gasteiger partial charge in [0.05, 0.1) is 36.8 Å².